The van der Waals surface area contributed by atoms with Crippen molar-refractivity contribution in [3.05, 3.63) is 75.2 Å². The maximum atomic E-state index is 11.2. The molecule has 4 aromatic rings. The van der Waals surface area contributed by atoms with Gasteiger partial charge in [-0.25, -0.2) is 4.98 Å². The van der Waals surface area contributed by atoms with E-state index in [-0.39, 0.29) is 4.88 Å². The minimum Gasteiger partial charge on any atom is -0.544 e. The Bertz CT molecular complexity index is 1180. The highest BCUT2D eigenvalue weighted by atomic mass is 35.5. The molecule has 0 fully saturated rings. The topological polar surface area (TPSA) is 69.8 Å². The molecule has 0 unspecified atom stereocenters. The Kier molecular flexibility index (Phi) is 4.51. The number of benzene rings is 1. The normalized spacial score (nSPS) is 11.5. The van der Waals surface area contributed by atoms with E-state index in [0.717, 1.165) is 39.5 Å². The molecule has 27 heavy (non-hydrogen) atoms. The molecular formula is C20H13ClN3O2S-. The average Bonchev–Trinajstić information content (AvgIpc) is 3.26. The minimum absolute atomic E-state index is 0.101. The molecule has 7 heteroatoms. The second-order valence-corrected chi connectivity index (χ2v) is 7.27. The highest BCUT2D eigenvalue weighted by Crippen LogP contribution is 2.28. The van der Waals surface area contributed by atoms with Crippen molar-refractivity contribution in [1.29, 1.82) is 0 Å². The number of aryl methyl sites for hydroxylation is 1. The number of carboxylic acid groups (broad SMARTS) is 1. The number of aromatic carboxylic acids is 1. The number of nitrogens with zero attached hydrogens (tertiary/aromatic N) is 3. The van der Waals surface area contributed by atoms with E-state index in [1.165, 1.54) is 0 Å². The third kappa shape index (κ3) is 3.25. The van der Waals surface area contributed by atoms with Crippen molar-refractivity contribution in [1.82, 2.24) is 9.38 Å². The van der Waals surface area contributed by atoms with Crippen molar-refractivity contribution in [3.8, 4) is 11.3 Å². The zero-order chi connectivity index (χ0) is 19.0. The van der Waals surface area contributed by atoms with Crippen molar-refractivity contribution in [2.24, 2.45) is 4.99 Å². The van der Waals surface area contributed by atoms with E-state index >= 15 is 0 Å². The fraction of sp³-hybridized carbons (Fsp3) is 0.0500. The van der Waals surface area contributed by atoms with Crippen LogP contribution in [0.25, 0.3) is 16.9 Å². The summed E-state index contributed by atoms with van der Waals surface area (Å²) in [7, 11) is 0. The highest BCUT2D eigenvalue weighted by molar-refractivity contribution is 7.12. The first-order chi connectivity index (χ1) is 13.0. The van der Waals surface area contributed by atoms with Crippen LogP contribution in [0.4, 0.5) is 5.69 Å². The zero-order valence-corrected chi connectivity index (χ0v) is 15.8. The van der Waals surface area contributed by atoms with Crippen LogP contribution in [0.3, 0.4) is 0 Å². The lowest BCUT2D eigenvalue weighted by molar-refractivity contribution is -0.254. The Morgan fingerprint density at radius 1 is 1.26 bits per heavy atom. The number of rotatable bonds is 4. The van der Waals surface area contributed by atoms with Crippen LogP contribution >= 0.6 is 22.9 Å². The Balaban J connectivity index is 1.90. The molecule has 0 radical (unpaired) electrons. The van der Waals surface area contributed by atoms with Gasteiger partial charge in [0.2, 0.25) is 0 Å². The van der Waals surface area contributed by atoms with Crippen molar-refractivity contribution < 1.29 is 9.90 Å². The molecule has 0 amide bonds. The number of carbonyl (C=O) groups is 1. The van der Waals surface area contributed by atoms with Crippen molar-refractivity contribution in [2.75, 3.05) is 0 Å². The van der Waals surface area contributed by atoms with E-state index in [1.807, 2.05) is 53.9 Å². The van der Waals surface area contributed by atoms with Crippen LogP contribution in [0.5, 0.6) is 0 Å². The molecule has 3 aromatic heterocycles. The third-order valence-electron chi connectivity index (χ3n) is 4.16. The van der Waals surface area contributed by atoms with Gasteiger partial charge in [0.1, 0.15) is 5.65 Å². The monoisotopic (exact) mass is 394 g/mol. The molecule has 0 atom stereocenters. The van der Waals surface area contributed by atoms with E-state index in [9.17, 15) is 9.90 Å². The SMILES string of the molecule is Cc1cccn2c(C=Nc3ccsc3C(=O)[O-])c(-c3ccc(Cl)cc3)nc12. The summed E-state index contributed by atoms with van der Waals surface area (Å²) in [5.74, 6) is -1.23. The van der Waals surface area contributed by atoms with Gasteiger partial charge in [0.15, 0.2) is 0 Å². The van der Waals surface area contributed by atoms with Gasteiger partial charge in [-0.05, 0) is 42.1 Å². The largest absolute Gasteiger partial charge is 0.544 e. The summed E-state index contributed by atoms with van der Waals surface area (Å²) >= 11 is 7.10. The van der Waals surface area contributed by atoms with Gasteiger partial charge >= 0.3 is 0 Å². The van der Waals surface area contributed by atoms with Crippen molar-refractivity contribution >= 4 is 46.5 Å². The van der Waals surface area contributed by atoms with Gasteiger partial charge in [-0.15, -0.1) is 11.3 Å². The second kappa shape index (κ2) is 6.98. The van der Waals surface area contributed by atoms with Gasteiger partial charge in [0.25, 0.3) is 0 Å². The number of aromatic nitrogens is 2. The van der Waals surface area contributed by atoms with E-state index in [1.54, 1.807) is 17.7 Å². The summed E-state index contributed by atoms with van der Waals surface area (Å²) in [5.41, 5.74) is 4.60. The summed E-state index contributed by atoms with van der Waals surface area (Å²) < 4.78 is 1.94. The number of fused-ring (bicyclic) bond motifs is 1. The summed E-state index contributed by atoms with van der Waals surface area (Å²) in [6, 6.07) is 13.0. The van der Waals surface area contributed by atoms with Gasteiger partial charge in [-0.2, -0.15) is 0 Å². The van der Waals surface area contributed by atoms with Gasteiger partial charge in [0, 0.05) is 16.8 Å². The van der Waals surface area contributed by atoms with Crippen LogP contribution in [0.1, 0.15) is 20.9 Å². The van der Waals surface area contributed by atoms with Crippen molar-refractivity contribution in [2.45, 2.75) is 6.92 Å². The van der Waals surface area contributed by atoms with Crippen LogP contribution in [0.2, 0.25) is 5.02 Å². The number of hydrogen-bond acceptors (Lipinski definition) is 5. The number of carbonyl (C=O) groups excluding carboxylic acids is 1. The van der Waals surface area contributed by atoms with E-state index in [4.69, 9.17) is 16.6 Å². The first-order valence-electron chi connectivity index (χ1n) is 8.11. The second-order valence-electron chi connectivity index (χ2n) is 5.92. The van der Waals surface area contributed by atoms with Crippen LogP contribution in [0, 0.1) is 6.92 Å². The van der Waals surface area contributed by atoms with Gasteiger partial charge < -0.3 is 9.90 Å². The molecule has 0 saturated carbocycles. The van der Waals surface area contributed by atoms with E-state index < -0.39 is 5.97 Å². The van der Waals surface area contributed by atoms with E-state index in [2.05, 4.69) is 4.99 Å². The fourth-order valence-corrected chi connectivity index (χ4v) is 3.65. The molecule has 0 saturated heterocycles. The molecule has 3 heterocycles. The number of pyridine rings is 1. The smallest absolute Gasteiger partial charge is 0.140 e. The molecular weight excluding hydrogens is 382 g/mol. The lowest BCUT2D eigenvalue weighted by atomic mass is 10.1. The predicted molar refractivity (Wildman–Crippen MR) is 106 cm³/mol. The molecule has 1 aromatic carbocycles. The number of halogens is 1. The van der Waals surface area contributed by atoms with Crippen LogP contribution in [0.15, 0.2) is 59.0 Å². The summed E-state index contributed by atoms with van der Waals surface area (Å²) in [5, 5.41) is 13.5. The van der Waals surface area contributed by atoms with Gasteiger partial charge in [-0.3, -0.25) is 9.39 Å². The molecule has 0 bridgehead atoms. The van der Waals surface area contributed by atoms with Crippen LogP contribution in [-0.2, 0) is 0 Å². The van der Waals surface area contributed by atoms with E-state index in [0.29, 0.717) is 10.7 Å². The summed E-state index contributed by atoms with van der Waals surface area (Å²) in [6.07, 6.45) is 3.54. The molecule has 0 aliphatic heterocycles. The third-order valence-corrected chi connectivity index (χ3v) is 5.29. The molecule has 5 nitrogen and oxygen atoms in total. The molecule has 134 valence electrons. The number of imidazole rings is 1. The molecule has 0 N–H and O–H groups in total. The molecule has 0 aliphatic carbocycles. The standard InChI is InChI=1S/C20H14ClN3O2S/c1-12-3-2-9-24-16(11-22-15-8-10-27-18(15)20(25)26)17(23-19(12)24)13-4-6-14(21)7-5-13/h2-11H,1H3,(H,25,26)/p-1. The zero-order valence-electron chi connectivity index (χ0n) is 14.2. The summed E-state index contributed by atoms with van der Waals surface area (Å²) in [4.78, 5) is 20.5. The number of thiophene rings is 1. The fourth-order valence-electron chi connectivity index (χ4n) is 2.85. The highest BCUT2D eigenvalue weighted by Gasteiger charge is 2.14. The molecule has 0 aliphatic rings. The molecule has 4 rings (SSSR count). The lowest BCUT2D eigenvalue weighted by Gasteiger charge is -2.02. The van der Waals surface area contributed by atoms with Gasteiger partial charge in [0.05, 0.1) is 34.1 Å². The molecule has 0 spiro atoms. The van der Waals surface area contributed by atoms with Crippen LogP contribution in [-0.4, -0.2) is 21.6 Å². The number of aliphatic imine (C=N–C) groups is 1. The number of hydrogen-bond donors (Lipinski definition) is 0. The van der Waals surface area contributed by atoms with Crippen LogP contribution < -0.4 is 5.11 Å². The Labute approximate surface area is 164 Å². The Morgan fingerprint density at radius 3 is 2.78 bits per heavy atom. The number of carboxylic acids is 1. The Hall–Kier alpha value is -2.96. The predicted octanol–water partition coefficient (Wildman–Crippen LogP) is 4.14. The van der Waals surface area contributed by atoms with Crippen molar-refractivity contribution in [3.63, 3.8) is 0 Å². The van der Waals surface area contributed by atoms with Gasteiger partial charge in [-0.1, -0.05) is 29.8 Å². The maximum absolute atomic E-state index is 11.2. The summed E-state index contributed by atoms with van der Waals surface area (Å²) in [6.45, 7) is 1.99. The average molecular weight is 395 g/mol. The maximum Gasteiger partial charge on any atom is 0.140 e. The first kappa shape index (κ1) is 17.5. The quantitative estimate of drug-likeness (QED) is 0.488. The Morgan fingerprint density at radius 2 is 2.04 bits per heavy atom. The minimum atomic E-state index is -1.23. The first-order valence-corrected chi connectivity index (χ1v) is 9.37. The lowest BCUT2D eigenvalue weighted by Crippen LogP contribution is -2.20.